The third-order valence-electron chi connectivity index (χ3n) is 1.27. The second-order valence-electron chi connectivity index (χ2n) is 1.97. The van der Waals surface area contributed by atoms with Crippen LogP contribution in [0, 0.1) is 11.4 Å². The number of nitrogens with zero attached hydrogens (tertiary/aromatic N) is 3. The van der Waals surface area contributed by atoms with Gasteiger partial charge in [-0.05, 0) is 0 Å². The molecule has 4 nitrogen and oxygen atoms in total. The standard InChI is InChI=1S/C5Br2N3OS/c6-2-1-10(11)5(7)4-3(2)8-12-9-4/q-1. The largest absolute Gasteiger partial charge is 0.640 e. The van der Waals surface area contributed by atoms with Gasteiger partial charge >= 0.3 is 0 Å². The zero-order valence-electron chi connectivity index (χ0n) is 5.41. The van der Waals surface area contributed by atoms with Crippen LogP contribution in [-0.4, -0.2) is 8.75 Å². The summed E-state index contributed by atoms with van der Waals surface area (Å²) in [5.41, 5.74) is 1.21. The Bertz CT molecular complexity index is 443. The molecule has 0 aromatic carbocycles. The lowest BCUT2D eigenvalue weighted by Gasteiger charge is -2.07. The van der Waals surface area contributed by atoms with E-state index in [1.165, 1.54) is 0 Å². The van der Waals surface area contributed by atoms with Gasteiger partial charge in [-0.1, -0.05) is 31.9 Å². The highest BCUT2D eigenvalue weighted by molar-refractivity contribution is 9.11. The van der Waals surface area contributed by atoms with E-state index in [1.807, 2.05) is 0 Å². The van der Waals surface area contributed by atoms with Gasteiger partial charge in [0.05, 0.1) is 17.2 Å². The van der Waals surface area contributed by atoms with Crippen molar-refractivity contribution in [2.24, 2.45) is 0 Å². The lowest BCUT2D eigenvalue weighted by atomic mass is 10.4. The van der Waals surface area contributed by atoms with Crippen molar-refractivity contribution in [3.8, 4) is 0 Å². The van der Waals surface area contributed by atoms with Crippen molar-refractivity contribution in [2.75, 3.05) is 0 Å². The molecule has 2 heterocycles. The first-order chi connectivity index (χ1) is 5.70. The SMILES string of the molecule is [O-][n+]1[c-]c(Br)c2nsnc2c1Br. The molecule has 0 atom stereocenters. The van der Waals surface area contributed by atoms with Crippen molar-refractivity contribution < 1.29 is 4.73 Å². The van der Waals surface area contributed by atoms with Gasteiger partial charge in [0, 0.05) is 9.99 Å². The summed E-state index contributed by atoms with van der Waals surface area (Å²) in [6, 6.07) is 0. The third-order valence-corrected chi connectivity index (χ3v) is 3.05. The predicted octanol–water partition coefficient (Wildman–Crippen LogP) is 1.65. The number of hydrogen-bond donors (Lipinski definition) is 0. The summed E-state index contributed by atoms with van der Waals surface area (Å²) in [7, 11) is 0. The average Bonchev–Trinajstić information content (AvgIpc) is 2.48. The van der Waals surface area contributed by atoms with Crippen LogP contribution in [0.4, 0.5) is 0 Å². The molecule has 2 aromatic rings. The van der Waals surface area contributed by atoms with E-state index in [0.717, 1.165) is 11.7 Å². The molecular weight excluding hydrogens is 310 g/mol. The van der Waals surface area contributed by atoms with Crippen LogP contribution >= 0.6 is 43.6 Å². The average molecular weight is 310 g/mol. The van der Waals surface area contributed by atoms with E-state index in [9.17, 15) is 5.21 Å². The third kappa shape index (κ3) is 1.12. The summed E-state index contributed by atoms with van der Waals surface area (Å²) in [5, 5.41) is 11.1. The van der Waals surface area contributed by atoms with Crippen LogP contribution in [0.2, 0.25) is 0 Å². The second-order valence-corrected chi connectivity index (χ2v) is 4.04. The summed E-state index contributed by atoms with van der Waals surface area (Å²) >= 11 is 7.32. The van der Waals surface area contributed by atoms with Crippen LogP contribution in [0.1, 0.15) is 0 Å². The summed E-state index contributed by atoms with van der Waals surface area (Å²) in [6.45, 7) is 0. The van der Waals surface area contributed by atoms with Gasteiger partial charge in [0.2, 0.25) is 0 Å². The zero-order valence-corrected chi connectivity index (χ0v) is 9.40. The van der Waals surface area contributed by atoms with E-state index in [1.54, 1.807) is 0 Å². The van der Waals surface area contributed by atoms with Gasteiger partial charge in [-0.2, -0.15) is 4.37 Å². The molecule has 0 aliphatic carbocycles. The minimum absolute atomic E-state index is 0.342. The molecule has 0 bridgehead atoms. The fourth-order valence-electron chi connectivity index (χ4n) is 0.755. The number of fused-ring (bicyclic) bond motifs is 1. The molecule has 0 fully saturated rings. The maximum Gasteiger partial charge on any atom is 0.180 e. The number of halogens is 2. The van der Waals surface area contributed by atoms with Crippen LogP contribution in [0.25, 0.3) is 11.0 Å². The quantitative estimate of drug-likeness (QED) is 0.322. The Kier molecular flexibility index (Phi) is 2.01. The zero-order chi connectivity index (χ0) is 8.72. The number of aromatic nitrogens is 3. The van der Waals surface area contributed by atoms with E-state index in [0.29, 0.717) is 24.8 Å². The molecule has 0 saturated heterocycles. The van der Waals surface area contributed by atoms with Crippen molar-refractivity contribution in [3.05, 3.63) is 20.5 Å². The van der Waals surface area contributed by atoms with Crippen LogP contribution < -0.4 is 4.73 Å². The molecule has 0 saturated carbocycles. The van der Waals surface area contributed by atoms with Gasteiger partial charge in [-0.3, -0.25) is 4.73 Å². The summed E-state index contributed by atoms with van der Waals surface area (Å²) in [6.07, 6.45) is 2.50. The molecule has 2 rings (SSSR count). The first kappa shape index (κ1) is 8.33. The molecular formula is C5Br2N3OS-. The fourth-order valence-corrected chi connectivity index (χ4v) is 2.35. The van der Waals surface area contributed by atoms with Gasteiger partial charge in [-0.25, -0.2) is 4.37 Å². The normalized spacial score (nSPS) is 10.8. The molecule has 0 N–H and O–H groups in total. The molecule has 0 aliphatic rings. The molecule has 62 valence electrons. The Hall–Kier alpha value is -0.270. The summed E-state index contributed by atoms with van der Waals surface area (Å²) < 4.78 is 9.39. The highest BCUT2D eigenvalue weighted by atomic mass is 79.9. The highest BCUT2D eigenvalue weighted by Gasteiger charge is 2.05. The van der Waals surface area contributed by atoms with Crippen LogP contribution in [0.15, 0.2) is 9.08 Å². The molecule has 12 heavy (non-hydrogen) atoms. The monoisotopic (exact) mass is 308 g/mol. The van der Waals surface area contributed by atoms with Crippen molar-refractivity contribution in [3.63, 3.8) is 0 Å². The first-order valence-electron chi connectivity index (χ1n) is 2.82. The Morgan fingerprint density at radius 2 is 2.00 bits per heavy atom. The van der Waals surface area contributed by atoms with E-state index in [2.05, 4.69) is 46.8 Å². The maximum absolute atomic E-state index is 11.1. The molecule has 0 unspecified atom stereocenters. The van der Waals surface area contributed by atoms with Crippen LogP contribution in [0.5, 0.6) is 0 Å². The number of pyridine rings is 1. The van der Waals surface area contributed by atoms with Gasteiger partial charge in [0.15, 0.2) is 4.60 Å². The molecule has 0 amide bonds. The number of hydrogen-bond acceptors (Lipinski definition) is 4. The topological polar surface area (TPSA) is 52.7 Å². The Morgan fingerprint density at radius 1 is 1.33 bits per heavy atom. The number of rotatable bonds is 0. The molecule has 7 heteroatoms. The summed E-state index contributed by atoms with van der Waals surface area (Å²) in [5.74, 6) is 0. The smallest absolute Gasteiger partial charge is 0.180 e. The Labute approximate surface area is 88.4 Å². The van der Waals surface area contributed by atoms with Crippen molar-refractivity contribution in [2.45, 2.75) is 0 Å². The van der Waals surface area contributed by atoms with Crippen molar-refractivity contribution >= 4 is 54.6 Å². The Morgan fingerprint density at radius 3 is 2.75 bits per heavy atom. The first-order valence-corrected chi connectivity index (χ1v) is 5.14. The predicted molar refractivity (Wildman–Crippen MR) is 50.6 cm³/mol. The van der Waals surface area contributed by atoms with Crippen molar-refractivity contribution in [1.82, 2.24) is 8.75 Å². The minimum Gasteiger partial charge on any atom is -0.640 e. The van der Waals surface area contributed by atoms with Crippen LogP contribution in [-0.2, 0) is 0 Å². The van der Waals surface area contributed by atoms with Gasteiger partial charge in [0.25, 0.3) is 0 Å². The van der Waals surface area contributed by atoms with Gasteiger partial charge in [0.1, 0.15) is 6.20 Å². The van der Waals surface area contributed by atoms with Crippen molar-refractivity contribution in [1.29, 1.82) is 0 Å². The maximum atomic E-state index is 11.1. The summed E-state index contributed by atoms with van der Waals surface area (Å²) in [4.78, 5) is 0. The Balaban J connectivity index is 2.97. The lowest BCUT2D eigenvalue weighted by Crippen LogP contribution is -2.28. The van der Waals surface area contributed by atoms with Crippen LogP contribution in [0.3, 0.4) is 0 Å². The van der Waals surface area contributed by atoms with Gasteiger partial charge in [-0.15, -0.1) is 0 Å². The lowest BCUT2D eigenvalue weighted by molar-refractivity contribution is -0.620. The molecule has 0 spiro atoms. The molecule has 0 aliphatic heterocycles. The van der Waals surface area contributed by atoms with E-state index < -0.39 is 0 Å². The minimum atomic E-state index is 0.342. The van der Waals surface area contributed by atoms with Gasteiger partial charge < -0.3 is 5.21 Å². The molecule has 2 aromatic heterocycles. The fraction of sp³-hybridized carbons (Fsp3) is 0. The highest BCUT2D eigenvalue weighted by Crippen LogP contribution is 2.24. The molecule has 0 radical (unpaired) electrons. The van der Waals surface area contributed by atoms with E-state index in [-0.39, 0.29) is 0 Å². The second kappa shape index (κ2) is 2.90. The van der Waals surface area contributed by atoms with E-state index >= 15 is 0 Å². The van der Waals surface area contributed by atoms with E-state index in [4.69, 9.17) is 0 Å².